The highest BCUT2D eigenvalue weighted by Crippen LogP contribution is 2.17. The van der Waals surface area contributed by atoms with E-state index in [-0.39, 0.29) is 10.8 Å². The van der Waals surface area contributed by atoms with Crippen LogP contribution in [0.1, 0.15) is 20.3 Å². The Kier molecular flexibility index (Phi) is 5.02. The summed E-state index contributed by atoms with van der Waals surface area (Å²) < 4.78 is 28.0. The minimum atomic E-state index is -3.54. The minimum Gasteiger partial charge on any atom is -0.338 e. The van der Waals surface area contributed by atoms with Crippen molar-refractivity contribution in [1.29, 1.82) is 0 Å². The molecule has 0 radical (unpaired) electrons. The quantitative estimate of drug-likeness (QED) is 0.763. The average Bonchev–Trinajstić information content (AvgIpc) is 2.73. The predicted octanol–water partition coefficient (Wildman–Crippen LogP) is 0.609. The summed E-state index contributed by atoms with van der Waals surface area (Å²) >= 11 is 0. The number of nitrogens with zero attached hydrogens (tertiary/aromatic N) is 4. The van der Waals surface area contributed by atoms with Crippen LogP contribution in [0.15, 0.2) is 28.9 Å². The molecule has 1 aromatic rings. The molecule has 1 fully saturated rings. The number of aryl methyl sites for hydroxylation is 1. The van der Waals surface area contributed by atoms with Gasteiger partial charge in [-0.1, -0.05) is 5.57 Å². The Balaban J connectivity index is 2.10. The fourth-order valence-corrected chi connectivity index (χ4v) is 3.83. The first-order valence-corrected chi connectivity index (χ1v) is 8.67. The van der Waals surface area contributed by atoms with E-state index < -0.39 is 10.0 Å². The third-order valence-electron chi connectivity index (χ3n) is 3.50. The van der Waals surface area contributed by atoms with Crippen molar-refractivity contribution in [3.63, 3.8) is 0 Å². The van der Waals surface area contributed by atoms with E-state index in [0.717, 1.165) is 5.57 Å². The van der Waals surface area contributed by atoms with Crippen LogP contribution in [-0.2, 0) is 21.9 Å². The molecule has 2 heterocycles. The Morgan fingerprint density at radius 2 is 1.95 bits per heavy atom. The monoisotopic (exact) mass is 326 g/mol. The molecule has 0 aliphatic carbocycles. The molecular weight excluding hydrogens is 304 g/mol. The molecule has 7 nitrogen and oxygen atoms in total. The van der Waals surface area contributed by atoms with Gasteiger partial charge in [-0.2, -0.15) is 9.40 Å². The molecule has 0 bridgehead atoms. The molecule has 0 atom stereocenters. The van der Waals surface area contributed by atoms with Crippen LogP contribution >= 0.6 is 0 Å². The Morgan fingerprint density at radius 3 is 2.55 bits per heavy atom. The Hall–Kier alpha value is -1.67. The van der Waals surface area contributed by atoms with Crippen molar-refractivity contribution in [3.8, 4) is 0 Å². The van der Waals surface area contributed by atoms with Crippen LogP contribution in [0, 0.1) is 0 Å². The smallest absolute Gasteiger partial charge is 0.246 e. The van der Waals surface area contributed by atoms with Gasteiger partial charge in [0.1, 0.15) is 4.90 Å². The average molecular weight is 326 g/mol. The Morgan fingerprint density at radius 1 is 1.23 bits per heavy atom. The number of hydrogen-bond donors (Lipinski definition) is 0. The summed E-state index contributed by atoms with van der Waals surface area (Å²) in [6.07, 6.45) is 5.06. The second-order valence-corrected chi connectivity index (χ2v) is 7.59. The van der Waals surface area contributed by atoms with Crippen LogP contribution in [0.25, 0.3) is 0 Å². The SMILES string of the molecule is CC(C)=CC(=O)N1CCCN(S(=O)(=O)c2cnn(C)c2)CC1. The number of amides is 1. The van der Waals surface area contributed by atoms with Gasteiger partial charge in [-0.25, -0.2) is 8.42 Å². The fraction of sp³-hybridized carbons (Fsp3) is 0.571. The minimum absolute atomic E-state index is 0.0550. The van der Waals surface area contributed by atoms with Gasteiger partial charge < -0.3 is 4.90 Å². The summed E-state index contributed by atoms with van der Waals surface area (Å²) in [7, 11) is -1.86. The summed E-state index contributed by atoms with van der Waals surface area (Å²) in [6.45, 7) is 5.43. The topological polar surface area (TPSA) is 75.5 Å². The molecule has 1 saturated heterocycles. The number of sulfonamides is 1. The lowest BCUT2D eigenvalue weighted by molar-refractivity contribution is -0.125. The predicted molar refractivity (Wildman–Crippen MR) is 82.6 cm³/mol. The van der Waals surface area contributed by atoms with Crippen molar-refractivity contribution in [3.05, 3.63) is 24.0 Å². The Labute approximate surface area is 131 Å². The highest BCUT2D eigenvalue weighted by Gasteiger charge is 2.28. The molecule has 1 aromatic heterocycles. The maximum absolute atomic E-state index is 12.6. The van der Waals surface area contributed by atoms with E-state index in [2.05, 4.69) is 5.10 Å². The van der Waals surface area contributed by atoms with Gasteiger partial charge in [0.25, 0.3) is 0 Å². The van der Waals surface area contributed by atoms with Crippen molar-refractivity contribution in [1.82, 2.24) is 19.0 Å². The van der Waals surface area contributed by atoms with Crippen LogP contribution in [0.3, 0.4) is 0 Å². The van der Waals surface area contributed by atoms with Gasteiger partial charge in [0.15, 0.2) is 0 Å². The second kappa shape index (κ2) is 6.62. The lowest BCUT2D eigenvalue weighted by atomic mass is 10.3. The zero-order chi connectivity index (χ0) is 16.3. The lowest BCUT2D eigenvalue weighted by Gasteiger charge is -2.20. The molecule has 122 valence electrons. The summed E-state index contributed by atoms with van der Waals surface area (Å²) in [6, 6.07) is 0. The molecule has 2 rings (SSSR count). The number of carbonyl (C=O) groups excluding carboxylic acids is 1. The van der Waals surface area contributed by atoms with Crippen molar-refractivity contribution < 1.29 is 13.2 Å². The summed E-state index contributed by atoms with van der Waals surface area (Å²) in [5.74, 6) is -0.0550. The number of hydrogen-bond acceptors (Lipinski definition) is 4. The van der Waals surface area contributed by atoms with E-state index in [1.54, 1.807) is 18.0 Å². The summed E-state index contributed by atoms with van der Waals surface area (Å²) in [4.78, 5) is 14.0. The van der Waals surface area contributed by atoms with Gasteiger partial charge in [0, 0.05) is 45.5 Å². The fourth-order valence-electron chi connectivity index (χ4n) is 2.37. The molecule has 22 heavy (non-hydrogen) atoms. The maximum atomic E-state index is 12.6. The normalized spacial score (nSPS) is 17.1. The number of carbonyl (C=O) groups is 1. The van der Waals surface area contributed by atoms with E-state index >= 15 is 0 Å². The lowest BCUT2D eigenvalue weighted by Crippen LogP contribution is -2.36. The van der Waals surface area contributed by atoms with Gasteiger partial charge in [-0.3, -0.25) is 9.48 Å². The van der Waals surface area contributed by atoms with Crippen molar-refractivity contribution in [2.45, 2.75) is 25.2 Å². The molecular formula is C14H22N4O3S. The number of allylic oxidation sites excluding steroid dienone is 1. The maximum Gasteiger partial charge on any atom is 0.246 e. The van der Waals surface area contributed by atoms with Gasteiger partial charge in [-0.05, 0) is 20.3 Å². The third kappa shape index (κ3) is 3.75. The molecule has 1 aliphatic heterocycles. The van der Waals surface area contributed by atoms with Crippen molar-refractivity contribution in [2.24, 2.45) is 7.05 Å². The molecule has 0 unspecified atom stereocenters. The molecule has 1 amide bonds. The van der Waals surface area contributed by atoms with Crippen LogP contribution in [-0.4, -0.2) is 59.5 Å². The largest absolute Gasteiger partial charge is 0.338 e. The molecule has 8 heteroatoms. The highest BCUT2D eigenvalue weighted by atomic mass is 32.2. The van der Waals surface area contributed by atoms with Crippen molar-refractivity contribution in [2.75, 3.05) is 26.2 Å². The first kappa shape index (κ1) is 16.7. The first-order chi connectivity index (χ1) is 10.3. The molecule has 1 aliphatic rings. The summed E-state index contributed by atoms with van der Waals surface area (Å²) in [5.41, 5.74) is 0.939. The first-order valence-electron chi connectivity index (χ1n) is 7.23. The van der Waals surface area contributed by atoms with Crippen LogP contribution in [0.2, 0.25) is 0 Å². The standard InChI is InChI=1S/C14H22N4O3S/c1-12(2)9-14(19)17-5-4-6-18(8-7-17)22(20,21)13-10-15-16(3)11-13/h9-11H,4-8H2,1-3H3. The van der Waals surface area contributed by atoms with Gasteiger partial charge in [0.05, 0.1) is 6.20 Å². The van der Waals surface area contributed by atoms with Crippen molar-refractivity contribution >= 4 is 15.9 Å². The van der Waals surface area contributed by atoms with Gasteiger partial charge >= 0.3 is 0 Å². The highest BCUT2D eigenvalue weighted by molar-refractivity contribution is 7.89. The van der Waals surface area contributed by atoms with E-state index in [1.807, 2.05) is 13.8 Å². The van der Waals surface area contributed by atoms with E-state index in [1.165, 1.54) is 21.4 Å². The molecule has 0 spiro atoms. The van der Waals surface area contributed by atoms with Gasteiger partial charge in [-0.15, -0.1) is 0 Å². The van der Waals surface area contributed by atoms with Crippen LogP contribution in [0.4, 0.5) is 0 Å². The van der Waals surface area contributed by atoms with E-state index in [9.17, 15) is 13.2 Å². The second-order valence-electron chi connectivity index (χ2n) is 5.65. The number of aromatic nitrogens is 2. The van der Waals surface area contributed by atoms with E-state index in [0.29, 0.717) is 32.6 Å². The third-order valence-corrected chi connectivity index (χ3v) is 5.35. The summed E-state index contributed by atoms with van der Waals surface area (Å²) in [5, 5.41) is 3.92. The molecule has 0 N–H and O–H groups in total. The molecule has 0 aromatic carbocycles. The zero-order valence-electron chi connectivity index (χ0n) is 13.2. The van der Waals surface area contributed by atoms with E-state index in [4.69, 9.17) is 0 Å². The number of rotatable bonds is 3. The van der Waals surface area contributed by atoms with Gasteiger partial charge in [0.2, 0.25) is 15.9 Å². The molecule has 0 saturated carbocycles. The zero-order valence-corrected chi connectivity index (χ0v) is 14.0. The Bertz CT molecular complexity index is 674. The van der Waals surface area contributed by atoms with Crippen LogP contribution in [0.5, 0.6) is 0 Å². The van der Waals surface area contributed by atoms with Crippen LogP contribution < -0.4 is 0 Å².